The molecule has 1 unspecified atom stereocenters. The molecular weight excluding hydrogens is 256 g/mol. The summed E-state index contributed by atoms with van der Waals surface area (Å²) in [5.74, 6) is 1.90. The Morgan fingerprint density at radius 1 is 0.950 bits per heavy atom. The van der Waals surface area contributed by atoms with Crippen LogP contribution in [0.3, 0.4) is 0 Å². The van der Waals surface area contributed by atoms with Crippen LogP contribution >= 0.6 is 0 Å². The fourth-order valence-corrected chi connectivity index (χ4v) is 1.67. The van der Waals surface area contributed by atoms with E-state index in [4.69, 9.17) is 14.2 Å². The van der Waals surface area contributed by atoms with Gasteiger partial charge in [0.2, 0.25) is 0 Å². The van der Waals surface area contributed by atoms with Crippen LogP contribution in [0.4, 0.5) is 0 Å². The Bertz CT molecular complexity index is 472. The maximum atomic E-state index is 10.1. The van der Waals surface area contributed by atoms with Gasteiger partial charge in [0.25, 0.3) is 0 Å². The summed E-state index contributed by atoms with van der Waals surface area (Å²) in [4.78, 5) is 0. The molecule has 0 aromatic heterocycles. The molecule has 1 aromatic rings. The van der Waals surface area contributed by atoms with Crippen molar-refractivity contribution in [1.29, 1.82) is 0 Å². The Hall–Kier alpha value is -1.68. The maximum absolute atomic E-state index is 10.1. The van der Waals surface area contributed by atoms with Crippen molar-refractivity contribution in [3.8, 4) is 17.2 Å². The van der Waals surface area contributed by atoms with Gasteiger partial charge in [0.15, 0.2) is 11.5 Å². The second-order valence-electron chi connectivity index (χ2n) is 5.62. The first-order chi connectivity index (χ1) is 9.33. The number of hydrogen-bond donors (Lipinski definition) is 1. The third-order valence-electron chi connectivity index (χ3n) is 3.08. The molecule has 0 saturated heterocycles. The van der Waals surface area contributed by atoms with E-state index in [1.54, 1.807) is 33.5 Å². The van der Waals surface area contributed by atoms with Crippen LogP contribution in [0.5, 0.6) is 17.2 Å². The van der Waals surface area contributed by atoms with E-state index < -0.39 is 6.10 Å². The number of aliphatic hydroxyl groups is 1. The first kappa shape index (κ1) is 16.4. The quantitative estimate of drug-likeness (QED) is 0.900. The SMILES string of the molecule is COc1cc(OC)c(OC)cc1/C=C/C(O)C(C)(C)C. The number of hydrogen-bond acceptors (Lipinski definition) is 4. The molecule has 1 rings (SSSR count). The molecule has 0 saturated carbocycles. The van der Waals surface area contributed by atoms with Crippen molar-refractivity contribution >= 4 is 6.08 Å². The summed E-state index contributed by atoms with van der Waals surface area (Å²) in [6.45, 7) is 5.94. The number of rotatable bonds is 5. The fourth-order valence-electron chi connectivity index (χ4n) is 1.67. The van der Waals surface area contributed by atoms with Gasteiger partial charge in [-0.05, 0) is 11.5 Å². The molecule has 0 aliphatic rings. The van der Waals surface area contributed by atoms with Crippen LogP contribution in [-0.2, 0) is 0 Å². The van der Waals surface area contributed by atoms with Gasteiger partial charge in [0.1, 0.15) is 5.75 Å². The van der Waals surface area contributed by atoms with Crippen molar-refractivity contribution in [2.24, 2.45) is 5.41 Å². The summed E-state index contributed by atoms with van der Waals surface area (Å²) in [5, 5.41) is 10.1. The lowest BCUT2D eigenvalue weighted by Gasteiger charge is -2.22. The number of methoxy groups -OCH3 is 3. The van der Waals surface area contributed by atoms with E-state index in [9.17, 15) is 5.11 Å². The van der Waals surface area contributed by atoms with E-state index in [1.165, 1.54) is 0 Å². The molecule has 4 nitrogen and oxygen atoms in total. The number of benzene rings is 1. The smallest absolute Gasteiger partial charge is 0.164 e. The Morgan fingerprint density at radius 2 is 1.45 bits per heavy atom. The highest BCUT2D eigenvalue weighted by molar-refractivity contribution is 5.63. The van der Waals surface area contributed by atoms with Crippen LogP contribution in [0.25, 0.3) is 6.08 Å². The minimum Gasteiger partial charge on any atom is -0.496 e. The van der Waals surface area contributed by atoms with Gasteiger partial charge in [-0.1, -0.05) is 32.9 Å². The molecule has 0 spiro atoms. The summed E-state index contributed by atoms with van der Waals surface area (Å²) in [6.07, 6.45) is 3.04. The van der Waals surface area contributed by atoms with Gasteiger partial charge in [0, 0.05) is 11.6 Å². The lowest BCUT2D eigenvalue weighted by atomic mass is 9.88. The fraction of sp³-hybridized carbons (Fsp3) is 0.500. The predicted molar refractivity (Wildman–Crippen MR) is 80.6 cm³/mol. The molecule has 1 aromatic carbocycles. The second kappa shape index (κ2) is 6.66. The zero-order valence-corrected chi connectivity index (χ0v) is 13.1. The topological polar surface area (TPSA) is 47.9 Å². The Morgan fingerprint density at radius 3 is 1.90 bits per heavy atom. The lowest BCUT2D eigenvalue weighted by Crippen LogP contribution is -2.23. The molecule has 1 N–H and O–H groups in total. The first-order valence-electron chi connectivity index (χ1n) is 6.49. The highest BCUT2D eigenvalue weighted by Gasteiger charge is 2.19. The molecule has 0 fully saturated rings. The summed E-state index contributed by atoms with van der Waals surface area (Å²) < 4.78 is 15.8. The number of ether oxygens (including phenoxy) is 3. The number of aliphatic hydroxyl groups excluding tert-OH is 1. The van der Waals surface area contributed by atoms with E-state index in [0.29, 0.717) is 17.2 Å². The normalized spacial score (nSPS) is 13.3. The lowest BCUT2D eigenvalue weighted by molar-refractivity contribution is 0.106. The van der Waals surface area contributed by atoms with Crippen molar-refractivity contribution in [1.82, 2.24) is 0 Å². The summed E-state index contributed by atoms with van der Waals surface area (Å²) in [6, 6.07) is 3.59. The minimum atomic E-state index is -0.541. The molecule has 0 amide bonds. The van der Waals surface area contributed by atoms with Crippen LogP contribution < -0.4 is 14.2 Å². The molecule has 0 bridgehead atoms. The van der Waals surface area contributed by atoms with E-state index in [-0.39, 0.29) is 5.41 Å². The maximum Gasteiger partial charge on any atom is 0.164 e. The van der Waals surface area contributed by atoms with Crippen molar-refractivity contribution in [3.63, 3.8) is 0 Å². The standard InChI is InChI=1S/C16H24O4/c1-16(2,3)15(17)8-7-11-9-13(19-5)14(20-6)10-12(11)18-4/h7-10,15,17H,1-6H3/b8-7+. The molecule has 0 aliphatic heterocycles. The zero-order chi connectivity index (χ0) is 15.3. The Labute approximate surface area is 121 Å². The molecule has 112 valence electrons. The van der Waals surface area contributed by atoms with Gasteiger partial charge in [-0.15, -0.1) is 0 Å². The minimum absolute atomic E-state index is 0.208. The van der Waals surface area contributed by atoms with Gasteiger partial charge in [0.05, 0.1) is 27.4 Å². The molecule has 0 aliphatic carbocycles. The molecule has 0 radical (unpaired) electrons. The monoisotopic (exact) mass is 280 g/mol. The third-order valence-corrected chi connectivity index (χ3v) is 3.08. The van der Waals surface area contributed by atoms with Crippen LogP contribution in [0.2, 0.25) is 0 Å². The van der Waals surface area contributed by atoms with Crippen LogP contribution in [0.15, 0.2) is 18.2 Å². The van der Waals surface area contributed by atoms with Crippen molar-refractivity contribution in [3.05, 3.63) is 23.8 Å². The average molecular weight is 280 g/mol. The highest BCUT2D eigenvalue weighted by Crippen LogP contribution is 2.35. The molecular formula is C16H24O4. The Balaban J connectivity index is 3.14. The van der Waals surface area contributed by atoms with Gasteiger partial charge < -0.3 is 19.3 Å². The van der Waals surface area contributed by atoms with Gasteiger partial charge in [-0.25, -0.2) is 0 Å². The van der Waals surface area contributed by atoms with Crippen molar-refractivity contribution in [2.45, 2.75) is 26.9 Å². The van der Waals surface area contributed by atoms with Gasteiger partial charge in [-0.2, -0.15) is 0 Å². The highest BCUT2D eigenvalue weighted by atomic mass is 16.5. The Kier molecular flexibility index (Phi) is 5.45. The van der Waals surface area contributed by atoms with Crippen LogP contribution in [0, 0.1) is 5.41 Å². The van der Waals surface area contributed by atoms with Crippen LogP contribution in [0.1, 0.15) is 26.3 Å². The molecule has 0 heterocycles. The summed E-state index contributed by atoms with van der Waals surface area (Å²) >= 11 is 0. The van der Waals surface area contributed by atoms with E-state index in [0.717, 1.165) is 5.56 Å². The first-order valence-corrected chi connectivity index (χ1v) is 6.49. The second-order valence-corrected chi connectivity index (χ2v) is 5.62. The third kappa shape index (κ3) is 3.90. The molecule has 1 atom stereocenters. The van der Waals surface area contributed by atoms with E-state index in [1.807, 2.05) is 32.9 Å². The van der Waals surface area contributed by atoms with Crippen molar-refractivity contribution < 1.29 is 19.3 Å². The van der Waals surface area contributed by atoms with E-state index >= 15 is 0 Å². The average Bonchev–Trinajstić information content (AvgIpc) is 2.42. The van der Waals surface area contributed by atoms with Gasteiger partial charge in [-0.3, -0.25) is 0 Å². The van der Waals surface area contributed by atoms with Crippen LogP contribution in [-0.4, -0.2) is 32.5 Å². The van der Waals surface area contributed by atoms with E-state index in [2.05, 4.69) is 0 Å². The summed E-state index contributed by atoms with van der Waals surface area (Å²) in [5.41, 5.74) is 0.619. The molecule has 4 heteroatoms. The van der Waals surface area contributed by atoms with Crippen molar-refractivity contribution in [2.75, 3.05) is 21.3 Å². The van der Waals surface area contributed by atoms with Gasteiger partial charge >= 0.3 is 0 Å². The molecule has 20 heavy (non-hydrogen) atoms. The zero-order valence-electron chi connectivity index (χ0n) is 13.1. The largest absolute Gasteiger partial charge is 0.496 e. The predicted octanol–water partition coefficient (Wildman–Crippen LogP) is 3.13. The summed E-state index contributed by atoms with van der Waals surface area (Å²) in [7, 11) is 4.76.